The van der Waals surface area contributed by atoms with Crippen LogP contribution in [-0.4, -0.2) is 12.2 Å². The zero-order valence-corrected chi connectivity index (χ0v) is 26.8. The maximum Gasteiger partial charge on any atom is 0.343 e. The summed E-state index contributed by atoms with van der Waals surface area (Å²) in [5.41, 5.74) is 6.33. The van der Waals surface area contributed by atoms with Gasteiger partial charge in [-0.1, -0.05) is 143 Å². The monoisotopic (exact) mass is 595 g/mol. The van der Waals surface area contributed by atoms with Gasteiger partial charge in [0.05, 0.1) is 11.6 Å². The van der Waals surface area contributed by atoms with Gasteiger partial charge in [-0.05, 0) is 82.6 Å². The first kappa shape index (κ1) is 31.9. The van der Waals surface area contributed by atoms with Crippen molar-refractivity contribution in [3.8, 4) is 16.9 Å². The van der Waals surface area contributed by atoms with Crippen molar-refractivity contribution in [2.75, 3.05) is 0 Å². The smallest absolute Gasteiger partial charge is 0.343 e. The zero-order valence-electron chi connectivity index (χ0n) is 26.8. The van der Waals surface area contributed by atoms with Crippen LogP contribution in [0.5, 0.6) is 5.75 Å². The average Bonchev–Trinajstić information content (AvgIpc) is 3.09. The molecule has 5 rings (SSSR count). The average molecular weight is 596 g/mol. The molecule has 0 bridgehead atoms. The quantitative estimate of drug-likeness (QED) is 0.0522. The molecule has 0 spiro atoms. The van der Waals surface area contributed by atoms with E-state index in [0.717, 1.165) is 33.9 Å². The molecule has 0 unspecified atom stereocenters. The maximum absolute atomic E-state index is 13.0. The summed E-state index contributed by atoms with van der Waals surface area (Å²) in [6.45, 7) is 4.37. The molecule has 0 heterocycles. The number of aliphatic imine (C=N–C) groups is 1. The van der Waals surface area contributed by atoms with Gasteiger partial charge in [-0.25, -0.2) is 4.79 Å². The maximum atomic E-state index is 13.0. The molecule has 0 amide bonds. The molecular formula is C42H45NO2. The van der Waals surface area contributed by atoms with Gasteiger partial charge in [0.25, 0.3) is 0 Å². The van der Waals surface area contributed by atoms with Crippen molar-refractivity contribution in [1.29, 1.82) is 0 Å². The second kappa shape index (κ2) is 16.5. The van der Waals surface area contributed by atoms with Crippen molar-refractivity contribution in [1.82, 2.24) is 0 Å². The first-order valence-corrected chi connectivity index (χ1v) is 16.6. The summed E-state index contributed by atoms with van der Waals surface area (Å²) in [7, 11) is 0. The summed E-state index contributed by atoms with van der Waals surface area (Å²) in [5.74, 6) is 0.184. The van der Waals surface area contributed by atoms with Crippen LogP contribution in [0.15, 0.2) is 120 Å². The lowest BCUT2D eigenvalue weighted by Crippen LogP contribution is -2.08. The number of nitrogens with zero attached hydrogens (tertiary/aromatic N) is 1. The number of aryl methyl sites for hydroxylation is 1. The Morgan fingerprint density at radius 2 is 1.31 bits per heavy atom. The number of carbonyl (C=O) groups excluding carboxylic acids is 1. The second-order valence-corrected chi connectivity index (χ2v) is 12.0. The minimum atomic E-state index is -0.346. The Bertz CT molecular complexity index is 1670. The van der Waals surface area contributed by atoms with E-state index in [1.165, 1.54) is 62.5 Å². The van der Waals surface area contributed by atoms with E-state index in [1.807, 2.05) is 66.9 Å². The van der Waals surface area contributed by atoms with Gasteiger partial charge in [0.1, 0.15) is 5.75 Å². The largest absolute Gasteiger partial charge is 0.423 e. The Labute approximate surface area is 269 Å². The number of carbonyl (C=O) groups is 1. The molecule has 0 aliphatic rings. The van der Waals surface area contributed by atoms with Gasteiger partial charge >= 0.3 is 5.97 Å². The number of esters is 1. The van der Waals surface area contributed by atoms with E-state index in [4.69, 9.17) is 9.73 Å². The van der Waals surface area contributed by atoms with Crippen LogP contribution in [0.4, 0.5) is 0 Å². The molecule has 3 nitrogen and oxygen atoms in total. The van der Waals surface area contributed by atoms with Crippen LogP contribution < -0.4 is 4.74 Å². The normalized spacial score (nSPS) is 12.0. The third-order valence-corrected chi connectivity index (χ3v) is 8.50. The molecular weight excluding hydrogens is 550 g/mol. The minimum Gasteiger partial charge on any atom is -0.423 e. The van der Waals surface area contributed by atoms with E-state index in [-0.39, 0.29) is 12.0 Å². The minimum absolute atomic E-state index is 0.109. The van der Waals surface area contributed by atoms with E-state index in [9.17, 15) is 4.79 Å². The summed E-state index contributed by atoms with van der Waals surface area (Å²) in [4.78, 5) is 17.7. The molecule has 0 aliphatic heterocycles. The predicted molar refractivity (Wildman–Crippen MR) is 190 cm³/mol. The summed E-state index contributed by atoms with van der Waals surface area (Å²) in [6.07, 6.45) is 13.7. The Morgan fingerprint density at radius 1 is 0.689 bits per heavy atom. The highest BCUT2D eigenvalue weighted by Crippen LogP contribution is 2.25. The van der Waals surface area contributed by atoms with Crippen LogP contribution in [0.1, 0.15) is 98.3 Å². The highest BCUT2D eigenvalue weighted by atomic mass is 16.5. The molecule has 0 N–H and O–H groups in total. The lowest BCUT2D eigenvalue weighted by atomic mass is 10.00. The number of benzene rings is 5. The van der Waals surface area contributed by atoms with Crippen molar-refractivity contribution in [2.45, 2.75) is 77.7 Å². The van der Waals surface area contributed by atoms with E-state index in [2.05, 4.69) is 68.4 Å². The van der Waals surface area contributed by atoms with Crippen LogP contribution >= 0.6 is 0 Å². The van der Waals surface area contributed by atoms with Crippen molar-refractivity contribution < 1.29 is 9.53 Å². The summed E-state index contributed by atoms with van der Waals surface area (Å²) >= 11 is 0. The standard InChI is InChI=1S/C42H45NO2/c1-3-4-5-6-7-8-9-11-14-33-17-22-39-30-40(24-23-38(39)29-33)42(44)45-41-27-25-37(26-28-41)36-20-18-34(19-21-36)31-43-32(2)35-15-12-10-13-16-35/h10,12-13,15-32H,3-9,11,14H2,1-2H3/t32-/m1/s1. The topological polar surface area (TPSA) is 38.7 Å². The Morgan fingerprint density at radius 3 is 2.02 bits per heavy atom. The molecule has 0 radical (unpaired) electrons. The van der Waals surface area contributed by atoms with Gasteiger partial charge in [-0.3, -0.25) is 4.99 Å². The van der Waals surface area contributed by atoms with Crippen LogP contribution in [0.25, 0.3) is 21.9 Å². The third kappa shape index (κ3) is 9.49. The van der Waals surface area contributed by atoms with Crippen molar-refractivity contribution in [2.24, 2.45) is 4.99 Å². The molecule has 230 valence electrons. The van der Waals surface area contributed by atoms with Gasteiger partial charge in [-0.15, -0.1) is 0 Å². The van der Waals surface area contributed by atoms with E-state index >= 15 is 0 Å². The van der Waals surface area contributed by atoms with Gasteiger partial charge < -0.3 is 4.74 Å². The fraction of sp³-hybridized carbons (Fsp3) is 0.286. The van der Waals surface area contributed by atoms with E-state index in [1.54, 1.807) is 0 Å². The Kier molecular flexibility index (Phi) is 11.7. The van der Waals surface area contributed by atoms with Crippen LogP contribution in [0.3, 0.4) is 0 Å². The Balaban J connectivity index is 1.12. The number of unbranched alkanes of at least 4 members (excludes halogenated alkanes) is 7. The number of ether oxygens (including phenoxy) is 1. The Hall–Kier alpha value is -4.50. The van der Waals surface area contributed by atoms with Gasteiger partial charge in [0.15, 0.2) is 0 Å². The molecule has 0 saturated carbocycles. The molecule has 0 saturated heterocycles. The van der Waals surface area contributed by atoms with Gasteiger partial charge in [-0.2, -0.15) is 0 Å². The number of hydrogen-bond donors (Lipinski definition) is 0. The SMILES string of the molecule is CCCCCCCCCCc1ccc2cc(C(=O)Oc3ccc(-c4ccc(C=N[C@H](C)c5ccccc5)cc4)cc3)ccc2c1. The molecule has 3 heteroatoms. The first-order chi connectivity index (χ1) is 22.1. The fourth-order valence-corrected chi connectivity index (χ4v) is 5.70. The van der Waals surface area contributed by atoms with E-state index < -0.39 is 0 Å². The molecule has 0 aromatic heterocycles. The highest BCUT2D eigenvalue weighted by molar-refractivity contribution is 5.96. The zero-order chi connectivity index (χ0) is 31.3. The summed E-state index contributed by atoms with van der Waals surface area (Å²) in [6, 6.07) is 38.8. The molecule has 5 aromatic carbocycles. The third-order valence-electron chi connectivity index (χ3n) is 8.50. The molecule has 0 fully saturated rings. The van der Waals surface area contributed by atoms with Crippen LogP contribution in [0, 0.1) is 0 Å². The van der Waals surface area contributed by atoms with Gasteiger partial charge in [0.2, 0.25) is 0 Å². The summed E-state index contributed by atoms with van der Waals surface area (Å²) in [5, 5.41) is 2.22. The number of fused-ring (bicyclic) bond motifs is 1. The fourth-order valence-electron chi connectivity index (χ4n) is 5.70. The van der Waals surface area contributed by atoms with E-state index in [0.29, 0.717) is 11.3 Å². The highest BCUT2D eigenvalue weighted by Gasteiger charge is 2.10. The number of rotatable bonds is 15. The van der Waals surface area contributed by atoms with Gasteiger partial charge in [0, 0.05) is 6.21 Å². The first-order valence-electron chi connectivity index (χ1n) is 16.6. The van der Waals surface area contributed by atoms with Crippen molar-refractivity contribution in [3.63, 3.8) is 0 Å². The molecule has 1 atom stereocenters. The summed E-state index contributed by atoms with van der Waals surface area (Å²) < 4.78 is 5.72. The molecule has 5 aromatic rings. The lowest BCUT2D eigenvalue weighted by molar-refractivity contribution is 0.0735. The molecule has 45 heavy (non-hydrogen) atoms. The number of hydrogen-bond acceptors (Lipinski definition) is 3. The van der Waals surface area contributed by atoms with Crippen molar-refractivity contribution in [3.05, 3.63) is 138 Å². The van der Waals surface area contributed by atoms with Crippen LogP contribution in [0.2, 0.25) is 0 Å². The second-order valence-electron chi connectivity index (χ2n) is 12.0. The predicted octanol–water partition coefficient (Wildman–Crippen LogP) is 11.6. The van der Waals surface area contributed by atoms with Crippen LogP contribution in [-0.2, 0) is 6.42 Å². The lowest BCUT2D eigenvalue weighted by Gasteiger charge is -2.08. The van der Waals surface area contributed by atoms with Crippen molar-refractivity contribution >= 4 is 23.0 Å². The molecule has 0 aliphatic carbocycles.